The molecule has 5 heterocycles. The zero-order chi connectivity index (χ0) is 48.4. The van der Waals surface area contributed by atoms with Crippen LogP contribution in [0.15, 0.2) is 261 Å². The maximum Gasteiger partial charge on any atom is 0.0743 e. The van der Waals surface area contributed by atoms with E-state index in [4.69, 9.17) is 4.98 Å². The minimum absolute atomic E-state index is 0.941. The molecule has 0 aliphatic rings. The van der Waals surface area contributed by atoms with Crippen molar-refractivity contribution < 1.29 is 0 Å². The molecule has 0 aliphatic carbocycles. The van der Waals surface area contributed by atoms with E-state index < -0.39 is 0 Å². The Bertz CT molecular complexity index is 4950. The highest BCUT2D eigenvalue weighted by Gasteiger charge is 2.21. The first-order valence-corrected chi connectivity index (χ1v) is 25.4. The van der Waals surface area contributed by atoms with Gasteiger partial charge in [-0.05, 0) is 144 Å². The maximum absolute atomic E-state index is 5.05. The number of benzene rings is 11. The summed E-state index contributed by atoms with van der Waals surface area (Å²) in [6.45, 7) is 0. The molecule has 5 heteroatoms. The molecule has 0 amide bonds. The smallest absolute Gasteiger partial charge is 0.0743 e. The van der Waals surface area contributed by atoms with E-state index in [0.29, 0.717) is 0 Å². The molecule has 0 N–H and O–H groups in total. The fourth-order valence-corrected chi connectivity index (χ4v) is 12.3. The van der Waals surface area contributed by atoms with Gasteiger partial charge in [-0.2, -0.15) is 0 Å². The van der Waals surface area contributed by atoms with Gasteiger partial charge in [0.25, 0.3) is 0 Å². The average Bonchev–Trinajstić information content (AvgIpc) is 4.21. The molecule has 0 unspecified atom stereocenters. The molecule has 0 atom stereocenters. The summed E-state index contributed by atoms with van der Waals surface area (Å²) in [4.78, 5) is 5.05. The molecular formula is C69H43N5. The van der Waals surface area contributed by atoms with Crippen LogP contribution in [0.3, 0.4) is 0 Å². The Morgan fingerprint density at radius 1 is 0.216 bits per heavy atom. The first-order valence-electron chi connectivity index (χ1n) is 25.4. The van der Waals surface area contributed by atoms with Crippen molar-refractivity contribution >= 4 is 98.1 Å². The van der Waals surface area contributed by atoms with Gasteiger partial charge in [-0.15, -0.1) is 0 Å². The number of para-hydroxylation sites is 6. The van der Waals surface area contributed by atoms with Crippen LogP contribution in [0, 0.1) is 0 Å². The quantitative estimate of drug-likeness (QED) is 0.163. The van der Waals surface area contributed by atoms with Crippen LogP contribution in [0.5, 0.6) is 0 Å². The summed E-state index contributed by atoms with van der Waals surface area (Å²) in [5, 5.41) is 10.9. The van der Waals surface area contributed by atoms with E-state index in [-0.39, 0.29) is 0 Å². The van der Waals surface area contributed by atoms with Crippen LogP contribution in [0.2, 0.25) is 0 Å². The molecule has 0 radical (unpaired) electrons. The third-order valence-corrected chi connectivity index (χ3v) is 15.6. The third-order valence-electron chi connectivity index (χ3n) is 15.6. The Labute approximate surface area is 425 Å². The van der Waals surface area contributed by atoms with Crippen LogP contribution in [-0.4, -0.2) is 23.3 Å². The second-order valence-electron chi connectivity index (χ2n) is 19.5. The molecule has 0 aliphatic heterocycles. The van der Waals surface area contributed by atoms with Gasteiger partial charge >= 0.3 is 0 Å². The van der Waals surface area contributed by atoms with Crippen LogP contribution in [0.25, 0.3) is 143 Å². The number of hydrogen-bond donors (Lipinski definition) is 0. The summed E-state index contributed by atoms with van der Waals surface area (Å²) in [6, 6.07) is 93.3. The molecule has 11 aromatic carbocycles. The largest absolute Gasteiger partial charge is 0.309 e. The Kier molecular flexibility index (Phi) is 8.68. The second-order valence-corrected chi connectivity index (χ2v) is 19.5. The molecule has 0 bridgehead atoms. The van der Waals surface area contributed by atoms with Crippen LogP contribution in [0.4, 0.5) is 0 Å². The maximum atomic E-state index is 5.05. The number of aromatic nitrogens is 5. The summed E-state index contributed by atoms with van der Waals surface area (Å²) in [6.07, 6.45) is 1.91. The van der Waals surface area contributed by atoms with Gasteiger partial charge in [-0.1, -0.05) is 133 Å². The van der Waals surface area contributed by atoms with Gasteiger partial charge < -0.3 is 18.3 Å². The highest BCUT2D eigenvalue weighted by atomic mass is 15.0. The Morgan fingerprint density at radius 2 is 0.541 bits per heavy atom. The van der Waals surface area contributed by atoms with Crippen molar-refractivity contribution in [1.29, 1.82) is 0 Å². The van der Waals surface area contributed by atoms with Crippen molar-refractivity contribution in [2.24, 2.45) is 0 Å². The van der Waals surface area contributed by atoms with E-state index in [1.807, 2.05) is 6.20 Å². The van der Waals surface area contributed by atoms with Crippen LogP contribution in [-0.2, 0) is 0 Å². The minimum atomic E-state index is 0.941. The lowest BCUT2D eigenvalue weighted by Gasteiger charge is -2.16. The molecule has 0 saturated carbocycles. The highest BCUT2D eigenvalue weighted by molar-refractivity contribution is 6.15. The van der Waals surface area contributed by atoms with E-state index >= 15 is 0 Å². The molecule has 74 heavy (non-hydrogen) atoms. The van der Waals surface area contributed by atoms with Crippen molar-refractivity contribution in [3.8, 4) is 45.0 Å². The molecule has 16 aromatic rings. The lowest BCUT2D eigenvalue weighted by molar-refractivity contribution is 1.14. The summed E-state index contributed by atoms with van der Waals surface area (Å²) in [5.41, 5.74) is 19.6. The summed E-state index contributed by atoms with van der Waals surface area (Å²) < 4.78 is 9.64. The number of hydrogen-bond acceptors (Lipinski definition) is 1. The zero-order valence-electron chi connectivity index (χ0n) is 40.1. The number of rotatable bonds is 6. The Hall–Kier alpha value is -9.97. The Balaban J connectivity index is 0.855. The lowest BCUT2D eigenvalue weighted by atomic mass is 10.0. The molecule has 344 valence electrons. The summed E-state index contributed by atoms with van der Waals surface area (Å²) in [7, 11) is 0. The van der Waals surface area contributed by atoms with Crippen molar-refractivity contribution in [2.45, 2.75) is 0 Å². The van der Waals surface area contributed by atoms with Crippen LogP contribution >= 0.6 is 0 Å². The number of pyridine rings is 1. The summed E-state index contributed by atoms with van der Waals surface area (Å²) >= 11 is 0. The number of fused-ring (bicyclic) bond motifs is 13. The van der Waals surface area contributed by atoms with E-state index in [1.54, 1.807) is 0 Å². The fraction of sp³-hybridized carbons (Fsp3) is 0. The first kappa shape index (κ1) is 40.7. The van der Waals surface area contributed by atoms with E-state index in [2.05, 4.69) is 273 Å². The van der Waals surface area contributed by atoms with Crippen molar-refractivity contribution in [3.05, 3.63) is 261 Å². The van der Waals surface area contributed by atoms with E-state index in [0.717, 1.165) is 55.7 Å². The minimum Gasteiger partial charge on any atom is -0.309 e. The lowest BCUT2D eigenvalue weighted by Crippen LogP contribution is -2.01. The third kappa shape index (κ3) is 5.95. The topological polar surface area (TPSA) is 32.6 Å². The summed E-state index contributed by atoms with van der Waals surface area (Å²) in [5.74, 6) is 0. The van der Waals surface area contributed by atoms with E-state index in [1.165, 1.54) is 87.4 Å². The van der Waals surface area contributed by atoms with E-state index in [9.17, 15) is 0 Å². The van der Waals surface area contributed by atoms with Gasteiger partial charge in [0.15, 0.2) is 0 Å². The standard InChI is InChI=1S/C69H43N5/c1-3-16-48(17-4-1)71-61-25-11-7-20-51(61)56-38-44(29-33-65(56)71)46-31-35-67-58(40-46)53-22-9-13-27-63(53)73(67)50-42-60-55(24-15-37-70-60)69(43-50)74-64-28-14-10-23-54(64)59-41-47(32-36-68(59)74)45-30-34-66-57(39-45)52-21-8-12-26-62(52)72(66)49-18-5-2-6-19-49/h1-43H. The van der Waals surface area contributed by atoms with Crippen molar-refractivity contribution in [3.63, 3.8) is 0 Å². The SMILES string of the molecule is c1ccc(-n2c3ccccc3c3cc(-c4ccc5c(c4)c4ccccc4n5-c4cc(-n5c6ccccc6c6cc(-c7ccc8c(c7)c7ccccc7n8-c7ccccc7)ccc65)c5cccnc5c4)ccc32)cc1. The monoisotopic (exact) mass is 941 g/mol. The van der Waals surface area contributed by atoms with Crippen LogP contribution in [0.1, 0.15) is 0 Å². The normalized spacial score (nSPS) is 12.1. The van der Waals surface area contributed by atoms with Crippen molar-refractivity contribution in [2.75, 3.05) is 0 Å². The Morgan fingerprint density at radius 3 is 0.959 bits per heavy atom. The van der Waals surface area contributed by atoms with Gasteiger partial charge in [-0.3, -0.25) is 4.98 Å². The predicted octanol–water partition coefficient (Wildman–Crippen LogP) is 18.0. The molecule has 16 rings (SSSR count). The van der Waals surface area contributed by atoms with Gasteiger partial charge in [0.1, 0.15) is 0 Å². The first-order chi connectivity index (χ1) is 36.7. The average molecular weight is 942 g/mol. The van der Waals surface area contributed by atoms with Crippen LogP contribution < -0.4 is 0 Å². The molecule has 5 aromatic heterocycles. The molecule has 0 saturated heterocycles. The second kappa shape index (κ2) is 15.8. The molecule has 0 fully saturated rings. The molecule has 5 nitrogen and oxygen atoms in total. The number of nitrogens with zero attached hydrogens (tertiary/aromatic N) is 5. The van der Waals surface area contributed by atoms with Gasteiger partial charge in [-0.25, -0.2) is 0 Å². The van der Waals surface area contributed by atoms with Gasteiger partial charge in [0, 0.05) is 66.0 Å². The fourth-order valence-electron chi connectivity index (χ4n) is 12.3. The predicted molar refractivity (Wildman–Crippen MR) is 310 cm³/mol. The highest BCUT2D eigenvalue weighted by Crippen LogP contribution is 2.42. The van der Waals surface area contributed by atoms with Gasteiger partial charge in [0.05, 0.1) is 61.0 Å². The van der Waals surface area contributed by atoms with Crippen molar-refractivity contribution in [1.82, 2.24) is 23.3 Å². The zero-order valence-corrected chi connectivity index (χ0v) is 40.1. The molecule has 0 spiro atoms. The molecular weight excluding hydrogens is 899 g/mol. The van der Waals surface area contributed by atoms with Gasteiger partial charge in [0.2, 0.25) is 0 Å².